The minimum atomic E-state index is -3.66. The van der Waals surface area contributed by atoms with Crippen molar-refractivity contribution in [3.05, 3.63) is 18.2 Å². The molecule has 7 nitrogen and oxygen atoms in total. The van der Waals surface area contributed by atoms with Gasteiger partial charge >= 0.3 is 0 Å². The molecule has 25 heavy (non-hydrogen) atoms. The number of benzene rings is 1. The second-order valence-electron chi connectivity index (χ2n) is 6.77. The fraction of sp³-hybridized carbons (Fsp3) is 0.588. The lowest BCUT2D eigenvalue weighted by Gasteiger charge is -2.35. The molecule has 0 bridgehead atoms. The van der Waals surface area contributed by atoms with Gasteiger partial charge in [-0.2, -0.15) is 4.31 Å². The Morgan fingerprint density at radius 1 is 1.08 bits per heavy atom. The standard InChI is InChI=1S/C17H24N2O5S/c1-11-8-18(9-12(2)23-11)25(21,22)15-5-6-17-16(7-15)19(14(4)20)10-13(3)24-17/h5-7,11-13H,8-10H2,1-4H3. The monoisotopic (exact) mass is 368 g/mol. The van der Waals surface area contributed by atoms with E-state index in [1.807, 2.05) is 20.8 Å². The molecule has 8 heteroatoms. The minimum absolute atomic E-state index is 0.139. The number of sulfonamides is 1. The first kappa shape index (κ1) is 18.2. The summed E-state index contributed by atoms with van der Waals surface area (Å²) in [4.78, 5) is 13.7. The maximum atomic E-state index is 13.0. The largest absolute Gasteiger partial charge is 0.487 e. The molecule has 0 N–H and O–H groups in total. The van der Waals surface area contributed by atoms with Crippen LogP contribution in [0.15, 0.2) is 23.1 Å². The van der Waals surface area contributed by atoms with Crippen molar-refractivity contribution in [2.24, 2.45) is 0 Å². The number of nitrogens with zero attached hydrogens (tertiary/aromatic N) is 2. The van der Waals surface area contributed by atoms with E-state index >= 15 is 0 Å². The van der Waals surface area contributed by atoms with Crippen molar-refractivity contribution in [2.75, 3.05) is 24.5 Å². The van der Waals surface area contributed by atoms with Gasteiger partial charge in [0.25, 0.3) is 0 Å². The van der Waals surface area contributed by atoms with Crippen LogP contribution in [0, 0.1) is 0 Å². The van der Waals surface area contributed by atoms with Gasteiger partial charge < -0.3 is 14.4 Å². The van der Waals surface area contributed by atoms with Gasteiger partial charge in [-0.05, 0) is 39.0 Å². The first-order valence-corrected chi connectivity index (χ1v) is 9.87. The molecule has 1 aromatic rings. The van der Waals surface area contributed by atoms with Crippen molar-refractivity contribution in [1.82, 2.24) is 4.31 Å². The molecule has 3 rings (SSSR count). The summed E-state index contributed by atoms with van der Waals surface area (Å²) >= 11 is 0. The number of rotatable bonds is 2. The average molecular weight is 368 g/mol. The number of ether oxygens (including phenoxy) is 2. The number of anilines is 1. The first-order valence-electron chi connectivity index (χ1n) is 8.43. The molecule has 0 saturated carbocycles. The zero-order valence-corrected chi connectivity index (χ0v) is 15.7. The number of carbonyl (C=O) groups is 1. The van der Waals surface area contributed by atoms with Gasteiger partial charge in [0.1, 0.15) is 11.9 Å². The van der Waals surface area contributed by atoms with Crippen molar-refractivity contribution in [3.63, 3.8) is 0 Å². The number of hydrogen-bond donors (Lipinski definition) is 0. The van der Waals surface area contributed by atoms with Crippen LogP contribution in [0.1, 0.15) is 27.7 Å². The summed E-state index contributed by atoms with van der Waals surface area (Å²) in [5.41, 5.74) is 0.501. The maximum absolute atomic E-state index is 13.0. The van der Waals surface area contributed by atoms with E-state index in [2.05, 4.69) is 0 Å². The molecule has 2 aliphatic rings. The van der Waals surface area contributed by atoms with Crippen LogP contribution in [0.2, 0.25) is 0 Å². The highest BCUT2D eigenvalue weighted by molar-refractivity contribution is 7.89. The summed E-state index contributed by atoms with van der Waals surface area (Å²) < 4.78 is 38.9. The van der Waals surface area contributed by atoms with E-state index in [1.54, 1.807) is 11.0 Å². The van der Waals surface area contributed by atoms with Crippen LogP contribution in [-0.2, 0) is 19.6 Å². The first-order chi connectivity index (χ1) is 11.7. The van der Waals surface area contributed by atoms with E-state index < -0.39 is 10.0 Å². The molecule has 1 amide bonds. The quantitative estimate of drug-likeness (QED) is 0.793. The van der Waals surface area contributed by atoms with Gasteiger partial charge in [-0.3, -0.25) is 4.79 Å². The fourth-order valence-corrected chi connectivity index (χ4v) is 4.96. The molecule has 0 spiro atoms. The van der Waals surface area contributed by atoms with E-state index in [-0.39, 0.29) is 29.1 Å². The van der Waals surface area contributed by atoms with E-state index in [9.17, 15) is 13.2 Å². The predicted molar refractivity (Wildman–Crippen MR) is 93.3 cm³/mol. The molecule has 0 aromatic heterocycles. The summed E-state index contributed by atoms with van der Waals surface area (Å²) in [7, 11) is -3.66. The molecule has 0 aliphatic carbocycles. The lowest BCUT2D eigenvalue weighted by atomic mass is 10.2. The van der Waals surface area contributed by atoms with E-state index in [0.717, 1.165) is 0 Å². The molecular formula is C17H24N2O5S. The normalized spacial score (nSPS) is 27.5. The van der Waals surface area contributed by atoms with E-state index in [4.69, 9.17) is 9.47 Å². The third-order valence-corrected chi connectivity index (χ3v) is 6.22. The number of amides is 1. The lowest BCUT2D eigenvalue weighted by Crippen LogP contribution is -2.48. The average Bonchev–Trinajstić information content (AvgIpc) is 2.52. The van der Waals surface area contributed by atoms with Crippen molar-refractivity contribution >= 4 is 21.6 Å². The lowest BCUT2D eigenvalue weighted by molar-refractivity contribution is -0.117. The Bertz CT molecular complexity index is 769. The van der Waals surface area contributed by atoms with Gasteiger partial charge in [0.05, 0.1) is 29.3 Å². The second kappa shape index (κ2) is 6.59. The van der Waals surface area contributed by atoms with Gasteiger partial charge in [0.2, 0.25) is 15.9 Å². The van der Waals surface area contributed by atoms with Gasteiger partial charge in [0, 0.05) is 20.0 Å². The summed E-state index contributed by atoms with van der Waals surface area (Å²) in [6, 6.07) is 4.69. The molecule has 0 radical (unpaired) electrons. The minimum Gasteiger partial charge on any atom is -0.487 e. The zero-order valence-electron chi connectivity index (χ0n) is 14.9. The molecule has 1 fully saturated rings. The Morgan fingerprint density at radius 3 is 2.32 bits per heavy atom. The third-order valence-electron chi connectivity index (χ3n) is 4.39. The number of hydrogen-bond acceptors (Lipinski definition) is 5. The second-order valence-corrected chi connectivity index (χ2v) is 8.70. The summed E-state index contributed by atoms with van der Waals surface area (Å²) in [6.45, 7) is 8.09. The highest BCUT2D eigenvalue weighted by Crippen LogP contribution is 2.36. The Labute approximate surface area is 148 Å². The summed E-state index contributed by atoms with van der Waals surface area (Å²) in [6.07, 6.45) is -0.456. The van der Waals surface area contributed by atoms with Crippen LogP contribution in [0.4, 0.5) is 5.69 Å². The highest BCUT2D eigenvalue weighted by Gasteiger charge is 2.34. The van der Waals surface area contributed by atoms with Crippen molar-refractivity contribution < 1.29 is 22.7 Å². The van der Waals surface area contributed by atoms with Crippen LogP contribution in [0.5, 0.6) is 5.75 Å². The van der Waals surface area contributed by atoms with Gasteiger partial charge in [-0.25, -0.2) is 8.42 Å². The zero-order chi connectivity index (χ0) is 18.4. The van der Waals surface area contributed by atoms with Crippen LogP contribution >= 0.6 is 0 Å². The molecule has 2 heterocycles. The smallest absolute Gasteiger partial charge is 0.243 e. The molecule has 3 unspecified atom stereocenters. The summed E-state index contributed by atoms with van der Waals surface area (Å²) in [5, 5.41) is 0. The van der Waals surface area contributed by atoms with Gasteiger partial charge in [-0.1, -0.05) is 0 Å². The van der Waals surface area contributed by atoms with E-state index in [0.29, 0.717) is 31.1 Å². The molecule has 2 aliphatic heterocycles. The Kier molecular flexibility index (Phi) is 4.78. The van der Waals surface area contributed by atoms with Crippen LogP contribution in [0.3, 0.4) is 0 Å². The Hall–Kier alpha value is -1.64. The van der Waals surface area contributed by atoms with Crippen LogP contribution in [-0.4, -0.2) is 56.6 Å². The third kappa shape index (κ3) is 3.51. The molecule has 138 valence electrons. The SMILES string of the molecule is CC(=O)N1CC(C)Oc2ccc(S(=O)(=O)N3CC(C)OC(C)C3)cc21. The van der Waals surface area contributed by atoms with Crippen LogP contribution in [0.25, 0.3) is 0 Å². The van der Waals surface area contributed by atoms with E-state index in [1.165, 1.54) is 23.4 Å². The van der Waals surface area contributed by atoms with Crippen molar-refractivity contribution in [2.45, 2.75) is 50.9 Å². The predicted octanol–water partition coefficient (Wildman–Crippen LogP) is 1.62. The molecule has 1 aromatic carbocycles. The van der Waals surface area contributed by atoms with Gasteiger partial charge in [-0.15, -0.1) is 0 Å². The van der Waals surface area contributed by atoms with Crippen LogP contribution < -0.4 is 9.64 Å². The Balaban J connectivity index is 1.98. The molecule has 3 atom stereocenters. The number of carbonyl (C=O) groups excluding carboxylic acids is 1. The van der Waals surface area contributed by atoms with Crippen molar-refractivity contribution in [1.29, 1.82) is 0 Å². The molecular weight excluding hydrogens is 344 g/mol. The topological polar surface area (TPSA) is 76.2 Å². The van der Waals surface area contributed by atoms with Crippen molar-refractivity contribution in [3.8, 4) is 5.75 Å². The maximum Gasteiger partial charge on any atom is 0.243 e. The van der Waals surface area contributed by atoms with Gasteiger partial charge in [0.15, 0.2) is 0 Å². The number of morpholine rings is 1. The number of fused-ring (bicyclic) bond motifs is 1. The summed E-state index contributed by atoms with van der Waals surface area (Å²) in [5.74, 6) is 0.385. The molecule has 1 saturated heterocycles. The fourth-order valence-electron chi connectivity index (χ4n) is 3.35. The Morgan fingerprint density at radius 2 is 1.72 bits per heavy atom. The highest BCUT2D eigenvalue weighted by atomic mass is 32.2.